The molecule has 0 saturated carbocycles. The number of pyridine rings is 1. The first-order valence-corrected chi connectivity index (χ1v) is 8.47. The highest BCUT2D eigenvalue weighted by Crippen LogP contribution is 2.27. The number of carbonyl (C=O) groups excluding carboxylic acids is 1. The molecule has 1 unspecified atom stereocenters. The number of benzene rings is 1. The van der Waals surface area contributed by atoms with Gasteiger partial charge in [0.2, 0.25) is 11.9 Å². The van der Waals surface area contributed by atoms with Gasteiger partial charge in [0.05, 0.1) is 0 Å². The molecule has 1 saturated heterocycles. The lowest BCUT2D eigenvalue weighted by Crippen LogP contribution is -2.28. The van der Waals surface area contributed by atoms with E-state index in [2.05, 4.69) is 20.2 Å². The number of aromatic nitrogens is 4. The average Bonchev–Trinajstić information content (AvgIpc) is 3.25. The van der Waals surface area contributed by atoms with E-state index in [9.17, 15) is 4.79 Å². The summed E-state index contributed by atoms with van der Waals surface area (Å²) in [6, 6.07) is 11.3. The molecular formula is C18H16ClN5O. The molecule has 25 heavy (non-hydrogen) atoms. The number of nitrogens with zero attached hydrogens (tertiary/aromatic N) is 4. The molecule has 1 aliphatic heterocycles. The molecule has 3 heterocycles. The first kappa shape index (κ1) is 15.8. The van der Waals surface area contributed by atoms with Crippen LogP contribution in [0.3, 0.4) is 0 Å². The molecule has 4 rings (SSSR count). The fourth-order valence-electron chi connectivity index (χ4n) is 3.05. The Morgan fingerprint density at radius 3 is 2.68 bits per heavy atom. The highest BCUT2D eigenvalue weighted by Gasteiger charge is 2.34. The highest BCUT2D eigenvalue weighted by molar-refractivity contribution is 6.30. The van der Waals surface area contributed by atoms with Crippen LogP contribution in [0.4, 0.5) is 5.95 Å². The monoisotopic (exact) mass is 353 g/mol. The number of halogens is 1. The van der Waals surface area contributed by atoms with Crippen LogP contribution in [0.2, 0.25) is 5.02 Å². The lowest BCUT2D eigenvalue weighted by molar-refractivity contribution is -0.120. The lowest BCUT2D eigenvalue weighted by Gasteiger charge is -2.13. The van der Waals surface area contributed by atoms with Crippen LogP contribution < -0.4 is 4.90 Å². The van der Waals surface area contributed by atoms with Gasteiger partial charge in [-0.25, -0.2) is 5.10 Å². The average molecular weight is 354 g/mol. The number of nitrogens with one attached hydrogen (secondary N) is 1. The van der Waals surface area contributed by atoms with Crippen molar-refractivity contribution in [3.05, 3.63) is 59.4 Å². The largest absolute Gasteiger partial charge is 0.281 e. The van der Waals surface area contributed by atoms with Crippen molar-refractivity contribution in [1.29, 1.82) is 0 Å². The van der Waals surface area contributed by atoms with Crippen LogP contribution >= 0.6 is 11.6 Å². The van der Waals surface area contributed by atoms with Crippen molar-refractivity contribution in [3.63, 3.8) is 0 Å². The van der Waals surface area contributed by atoms with Crippen LogP contribution in [-0.2, 0) is 11.2 Å². The maximum Gasteiger partial charge on any atom is 0.232 e. The minimum absolute atomic E-state index is 0.0457. The zero-order chi connectivity index (χ0) is 17.2. The number of anilines is 1. The Balaban J connectivity index is 1.48. The molecule has 1 aromatic carbocycles. The van der Waals surface area contributed by atoms with Crippen molar-refractivity contribution >= 4 is 23.5 Å². The number of hydrogen-bond acceptors (Lipinski definition) is 4. The minimum Gasteiger partial charge on any atom is -0.281 e. The molecule has 1 N–H and O–H groups in total. The fraction of sp³-hybridized carbons (Fsp3) is 0.222. The van der Waals surface area contributed by atoms with Gasteiger partial charge in [0, 0.05) is 35.4 Å². The van der Waals surface area contributed by atoms with Gasteiger partial charge < -0.3 is 0 Å². The second-order valence-corrected chi connectivity index (χ2v) is 6.46. The Hall–Kier alpha value is -2.73. The molecule has 1 amide bonds. The normalized spacial score (nSPS) is 17.2. The van der Waals surface area contributed by atoms with Gasteiger partial charge in [0.25, 0.3) is 0 Å². The minimum atomic E-state index is -0.0457. The summed E-state index contributed by atoms with van der Waals surface area (Å²) in [6.07, 6.45) is 4.88. The van der Waals surface area contributed by atoms with E-state index < -0.39 is 0 Å². The summed E-state index contributed by atoms with van der Waals surface area (Å²) in [5, 5.41) is 7.79. The summed E-state index contributed by atoms with van der Waals surface area (Å²) in [5.74, 6) is 1.09. The molecule has 1 atom stereocenters. The molecule has 0 bridgehead atoms. The summed E-state index contributed by atoms with van der Waals surface area (Å²) < 4.78 is 0. The summed E-state index contributed by atoms with van der Waals surface area (Å²) in [4.78, 5) is 22.8. The van der Waals surface area contributed by atoms with E-state index in [4.69, 9.17) is 11.6 Å². The van der Waals surface area contributed by atoms with Crippen LogP contribution in [0.25, 0.3) is 11.4 Å². The predicted octanol–water partition coefficient (Wildman–Crippen LogP) is 3.12. The number of amides is 1. The van der Waals surface area contributed by atoms with E-state index in [1.165, 1.54) is 0 Å². The standard InChI is InChI=1S/C18H16ClN5O/c19-15-3-1-12(2-4-15)11-14-7-10-24(17(14)25)18-21-16(22-23-18)13-5-8-20-9-6-13/h1-6,8-9,14H,7,10-11H2,(H,21,22,23). The smallest absolute Gasteiger partial charge is 0.232 e. The van der Waals surface area contributed by atoms with Gasteiger partial charge >= 0.3 is 0 Å². The third-order valence-corrected chi connectivity index (χ3v) is 4.63. The zero-order valence-corrected chi connectivity index (χ0v) is 14.1. The molecule has 0 radical (unpaired) electrons. The van der Waals surface area contributed by atoms with Crippen LogP contribution in [0.5, 0.6) is 0 Å². The van der Waals surface area contributed by atoms with E-state index >= 15 is 0 Å². The molecule has 1 fully saturated rings. The molecule has 6 nitrogen and oxygen atoms in total. The quantitative estimate of drug-likeness (QED) is 0.782. The van der Waals surface area contributed by atoms with E-state index in [1.54, 1.807) is 17.3 Å². The third kappa shape index (κ3) is 3.25. The highest BCUT2D eigenvalue weighted by atomic mass is 35.5. The molecular weight excluding hydrogens is 338 g/mol. The Kier molecular flexibility index (Phi) is 4.19. The number of hydrogen-bond donors (Lipinski definition) is 1. The molecule has 0 spiro atoms. The maximum absolute atomic E-state index is 12.7. The summed E-state index contributed by atoms with van der Waals surface area (Å²) >= 11 is 5.91. The first-order valence-electron chi connectivity index (χ1n) is 8.09. The van der Waals surface area contributed by atoms with Crippen molar-refractivity contribution < 1.29 is 4.79 Å². The van der Waals surface area contributed by atoms with Crippen molar-refractivity contribution in [3.8, 4) is 11.4 Å². The van der Waals surface area contributed by atoms with Crippen molar-refractivity contribution in [2.24, 2.45) is 5.92 Å². The van der Waals surface area contributed by atoms with Crippen molar-refractivity contribution in [2.45, 2.75) is 12.8 Å². The Morgan fingerprint density at radius 2 is 1.92 bits per heavy atom. The molecule has 1 aliphatic rings. The maximum atomic E-state index is 12.7. The number of carbonyl (C=O) groups is 1. The van der Waals surface area contributed by atoms with Gasteiger partial charge in [-0.2, -0.15) is 10.1 Å². The van der Waals surface area contributed by atoms with Crippen LogP contribution in [0, 0.1) is 5.92 Å². The van der Waals surface area contributed by atoms with Gasteiger partial charge in [-0.05, 0) is 42.7 Å². The summed E-state index contributed by atoms with van der Waals surface area (Å²) in [6.45, 7) is 0.641. The van der Waals surface area contributed by atoms with Gasteiger partial charge in [-0.3, -0.25) is 14.7 Å². The van der Waals surface area contributed by atoms with E-state index in [0.717, 1.165) is 17.5 Å². The van der Waals surface area contributed by atoms with E-state index in [-0.39, 0.29) is 11.8 Å². The number of H-pyrrole nitrogens is 1. The van der Waals surface area contributed by atoms with Gasteiger partial charge in [-0.15, -0.1) is 0 Å². The van der Waals surface area contributed by atoms with Crippen LogP contribution in [0.15, 0.2) is 48.8 Å². The molecule has 7 heteroatoms. The summed E-state index contributed by atoms with van der Waals surface area (Å²) in [5.41, 5.74) is 1.97. The lowest BCUT2D eigenvalue weighted by atomic mass is 9.98. The third-order valence-electron chi connectivity index (χ3n) is 4.38. The zero-order valence-electron chi connectivity index (χ0n) is 13.4. The Morgan fingerprint density at radius 1 is 1.16 bits per heavy atom. The second kappa shape index (κ2) is 6.64. The number of rotatable bonds is 4. The number of aromatic amines is 1. The predicted molar refractivity (Wildman–Crippen MR) is 95.2 cm³/mol. The van der Waals surface area contributed by atoms with Crippen LogP contribution in [-0.4, -0.2) is 32.6 Å². The second-order valence-electron chi connectivity index (χ2n) is 6.02. The van der Waals surface area contributed by atoms with E-state index in [1.807, 2.05) is 36.4 Å². The Labute approximate surface area is 149 Å². The van der Waals surface area contributed by atoms with Crippen molar-refractivity contribution in [1.82, 2.24) is 20.2 Å². The Bertz CT molecular complexity index is 878. The van der Waals surface area contributed by atoms with E-state index in [0.29, 0.717) is 29.8 Å². The molecule has 126 valence electrons. The van der Waals surface area contributed by atoms with Gasteiger partial charge in [0.15, 0.2) is 5.82 Å². The molecule has 2 aromatic heterocycles. The molecule has 0 aliphatic carbocycles. The first-order chi connectivity index (χ1) is 12.2. The fourth-order valence-corrected chi connectivity index (χ4v) is 3.17. The molecule has 3 aromatic rings. The topological polar surface area (TPSA) is 74.8 Å². The van der Waals surface area contributed by atoms with Gasteiger partial charge in [0.1, 0.15) is 0 Å². The van der Waals surface area contributed by atoms with Crippen molar-refractivity contribution in [2.75, 3.05) is 11.4 Å². The summed E-state index contributed by atoms with van der Waals surface area (Å²) in [7, 11) is 0. The van der Waals surface area contributed by atoms with Gasteiger partial charge in [-0.1, -0.05) is 23.7 Å². The van der Waals surface area contributed by atoms with Crippen LogP contribution in [0.1, 0.15) is 12.0 Å². The SMILES string of the molecule is O=C1C(Cc2ccc(Cl)cc2)CCN1c1nc(-c2ccncc2)n[nH]1.